The van der Waals surface area contributed by atoms with Crippen molar-refractivity contribution in [2.45, 2.75) is 24.9 Å². The van der Waals surface area contributed by atoms with E-state index >= 15 is 0 Å². The van der Waals surface area contributed by atoms with Gasteiger partial charge in [0.05, 0.1) is 19.2 Å². The Morgan fingerprint density at radius 1 is 1.44 bits per heavy atom. The lowest BCUT2D eigenvalue weighted by Crippen LogP contribution is -2.49. The van der Waals surface area contributed by atoms with Gasteiger partial charge in [0.25, 0.3) is 0 Å². The quantitative estimate of drug-likeness (QED) is 0.353. The Bertz CT molecular complexity index is 328. The van der Waals surface area contributed by atoms with E-state index in [1.165, 1.54) is 0 Å². The molecule has 1 saturated heterocycles. The van der Waals surface area contributed by atoms with Crippen LogP contribution in [-0.2, 0) is 14.4 Å². The van der Waals surface area contributed by atoms with Crippen LogP contribution in [0.2, 0.25) is 0 Å². The van der Waals surface area contributed by atoms with Gasteiger partial charge in [-0.3, -0.25) is 19.7 Å². The van der Waals surface area contributed by atoms with Crippen molar-refractivity contribution in [1.29, 1.82) is 0 Å². The molecule has 8 nitrogen and oxygen atoms in total. The fourth-order valence-electron chi connectivity index (χ4n) is 1.56. The van der Waals surface area contributed by atoms with Crippen LogP contribution in [0.4, 0.5) is 0 Å². The summed E-state index contributed by atoms with van der Waals surface area (Å²) in [5, 5.41) is 16.0. The van der Waals surface area contributed by atoms with Crippen LogP contribution in [0.25, 0.3) is 0 Å². The molecular weight excluding hydrogens is 240 g/mol. The van der Waals surface area contributed by atoms with Crippen molar-refractivity contribution in [3.8, 4) is 0 Å². The number of carbonyl (C=O) groups is 3. The Hall–Kier alpha value is -1.51. The highest BCUT2D eigenvalue weighted by molar-refractivity contribution is 5.99. The SMILES string of the molecule is N[C@@H](CO)C(=O)NCC(=O)NC(=O)C1CCCN1. The maximum Gasteiger partial charge on any atom is 0.245 e. The average Bonchev–Trinajstić information content (AvgIpc) is 2.88. The molecule has 0 aromatic rings. The van der Waals surface area contributed by atoms with Crippen LogP contribution < -0.4 is 21.7 Å². The number of rotatable bonds is 5. The fourth-order valence-corrected chi connectivity index (χ4v) is 1.56. The van der Waals surface area contributed by atoms with Gasteiger partial charge in [0.15, 0.2) is 0 Å². The summed E-state index contributed by atoms with van der Waals surface area (Å²) in [6.07, 6.45) is 1.59. The summed E-state index contributed by atoms with van der Waals surface area (Å²) >= 11 is 0. The fraction of sp³-hybridized carbons (Fsp3) is 0.700. The van der Waals surface area contributed by atoms with E-state index in [0.29, 0.717) is 6.42 Å². The van der Waals surface area contributed by atoms with Gasteiger partial charge >= 0.3 is 0 Å². The molecule has 1 aliphatic heterocycles. The molecule has 6 N–H and O–H groups in total. The molecule has 1 fully saturated rings. The topological polar surface area (TPSA) is 134 Å². The molecule has 2 atom stereocenters. The van der Waals surface area contributed by atoms with Gasteiger partial charge < -0.3 is 21.5 Å². The van der Waals surface area contributed by atoms with E-state index in [1.807, 2.05) is 0 Å². The van der Waals surface area contributed by atoms with E-state index in [-0.39, 0.29) is 12.6 Å². The lowest BCUT2D eigenvalue weighted by atomic mass is 10.2. The summed E-state index contributed by atoms with van der Waals surface area (Å²) in [4.78, 5) is 34.0. The molecule has 0 aromatic heterocycles. The van der Waals surface area contributed by atoms with Crippen LogP contribution in [-0.4, -0.2) is 54.6 Å². The number of aliphatic hydroxyl groups excluding tert-OH is 1. The molecule has 1 heterocycles. The highest BCUT2D eigenvalue weighted by atomic mass is 16.3. The second-order valence-electron chi connectivity index (χ2n) is 4.07. The molecule has 0 aromatic carbocycles. The number of hydrogen-bond donors (Lipinski definition) is 5. The molecule has 1 aliphatic rings. The second-order valence-corrected chi connectivity index (χ2v) is 4.07. The van der Waals surface area contributed by atoms with Gasteiger partial charge in [0.1, 0.15) is 6.04 Å². The van der Waals surface area contributed by atoms with Crippen LogP contribution in [0, 0.1) is 0 Å². The molecule has 0 aliphatic carbocycles. The smallest absolute Gasteiger partial charge is 0.245 e. The first kappa shape index (κ1) is 14.6. The molecule has 18 heavy (non-hydrogen) atoms. The lowest BCUT2D eigenvalue weighted by Gasteiger charge is -2.11. The molecule has 8 heteroatoms. The highest BCUT2D eigenvalue weighted by Crippen LogP contribution is 2.04. The first-order valence-corrected chi connectivity index (χ1v) is 5.76. The van der Waals surface area contributed by atoms with Crippen LogP contribution in [0.1, 0.15) is 12.8 Å². The highest BCUT2D eigenvalue weighted by Gasteiger charge is 2.23. The summed E-state index contributed by atoms with van der Waals surface area (Å²) in [7, 11) is 0. The minimum absolute atomic E-state index is 0.342. The van der Waals surface area contributed by atoms with Gasteiger partial charge in [-0.25, -0.2) is 0 Å². The third-order valence-electron chi connectivity index (χ3n) is 2.60. The summed E-state index contributed by atoms with van der Waals surface area (Å²) in [6.45, 7) is -0.0856. The van der Waals surface area contributed by atoms with E-state index in [1.54, 1.807) is 0 Å². The van der Waals surface area contributed by atoms with Crippen LogP contribution in [0.15, 0.2) is 0 Å². The Morgan fingerprint density at radius 3 is 2.72 bits per heavy atom. The van der Waals surface area contributed by atoms with Crippen LogP contribution >= 0.6 is 0 Å². The van der Waals surface area contributed by atoms with E-state index in [2.05, 4.69) is 16.0 Å². The number of imide groups is 1. The van der Waals surface area contributed by atoms with Gasteiger partial charge in [-0.1, -0.05) is 0 Å². The summed E-state index contributed by atoms with van der Waals surface area (Å²) < 4.78 is 0. The van der Waals surface area contributed by atoms with Gasteiger partial charge in [-0.05, 0) is 19.4 Å². The second kappa shape index (κ2) is 7.04. The first-order chi connectivity index (χ1) is 8.54. The molecule has 102 valence electrons. The number of hydrogen-bond acceptors (Lipinski definition) is 6. The summed E-state index contributed by atoms with van der Waals surface area (Å²) in [6, 6.07) is -1.41. The number of nitrogens with two attached hydrogens (primary N) is 1. The molecule has 1 unspecified atom stereocenters. The average molecular weight is 258 g/mol. The van der Waals surface area contributed by atoms with Crippen molar-refractivity contribution in [1.82, 2.24) is 16.0 Å². The zero-order valence-electron chi connectivity index (χ0n) is 9.94. The van der Waals surface area contributed by atoms with Gasteiger partial charge in [-0.2, -0.15) is 0 Å². The Labute approximate surface area is 104 Å². The van der Waals surface area contributed by atoms with Crippen molar-refractivity contribution in [2.75, 3.05) is 19.7 Å². The van der Waals surface area contributed by atoms with E-state index in [9.17, 15) is 14.4 Å². The molecular formula is C10H18N4O4. The Morgan fingerprint density at radius 2 is 2.17 bits per heavy atom. The van der Waals surface area contributed by atoms with E-state index in [4.69, 9.17) is 10.8 Å². The Kier molecular flexibility index (Phi) is 5.69. The molecule has 0 spiro atoms. The van der Waals surface area contributed by atoms with Crippen LogP contribution in [0.5, 0.6) is 0 Å². The molecule has 1 rings (SSSR count). The Balaban J connectivity index is 2.24. The van der Waals surface area contributed by atoms with E-state index < -0.39 is 30.4 Å². The zero-order valence-corrected chi connectivity index (χ0v) is 9.94. The first-order valence-electron chi connectivity index (χ1n) is 5.76. The standard InChI is InChI=1S/C10H18N4O4/c11-6(5-15)9(17)13-4-8(16)14-10(18)7-2-1-3-12-7/h6-7,12,15H,1-5,11H2,(H,13,17)(H,14,16,18)/t6-,7?/m0/s1. The predicted molar refractivity (Wildman–Crippen MR) is 62.2 cm³/mol. The van der Waals surface area contributed by atoms with Gasteiger partial charge in [0.2, 0.25) is 17.7 Å². The zero-order chi connectivity index (χ0) is 13.5. The van der Waals surface area contributed by atoms with Crippen molar-refractivity contribution < 1.29 is 19.5 Å². The maximum absolute atomic E-state index is 11.5. The molecule has 0 bridgehead atoms. The van der Waals surface area contributed by atoms with Crippen molar-refractivity contribution in [2.24, 2.45) is 5.73 Å². The molecule has 0 radical (unpaired) electrons. The lowest BCUT2D eigenvalue weighted by molar-refractivity contribution is -0.133. The molecule has 0 saturated carbocycles. The number of nitrogens with one attached hydrogen (secondary N) is 3. The van der Waals surface area contributed by atoms with Crippen LogP contribution in [0.3, 0.4) is 0 Å². The third kappa shape index (κ3) is 4.40. The number of aliphatic hydroxyl groups is 1. The molecule has 3 amide bonds. The summed E-state index contributed by atoms with van der Waals surface area (Å²) in [5.74, 6) is -1.63. The number of amides is 3. The van der Waals surface area contributed by atoms with Gasteiger partial charge in [0, 0.05) is 0 Å². The van der Waals surface area contributed by atoms with Gasteiger partial charge in [-0.15, -0.1) is 0 Å². The summed E-state index contributed by atoms with van der Waals surface area (Å²) in [5.41, 5.74) is 5.23. The largest absolute Gasteiger partial charge is 0.394 e. The van der Waals surface area contributed by atoms with E-state index in [0.717, 1.165) is 13.0 Å². The van der Waals surface area contributed by atoms with Crippen molar-refractivity contribution >= 4 is 17.7 Å². The van der Waals surface area contributed by atoms with Crippen molar-refractivity contribution in [3.63, 3.8) is 0 Å². The number of carbonyl (C=O) groups excluding carboxylic acids is 3. The maximum atomic E-state index is 11.5. The third-order valence-corrected chi connectivity index (χ3v) is 2.60. The minimum Gasteiger partial charge on any atom is -0.394 e. The van der Waals surface area contributed by atoms with Crippen molar-refractivity contribution in [3.05, 3.63) is 0 Å². The predicted octanol–water partition coefficient (Wildman–Crippen LogP) is -3.18. The monoisotopic (exact) mass is 258 g/mol. The normalized spacial score (nSPS) is 20.2. The minimum atomic E-state index is -1.06.